The first-order chi connectivity index (χ1) is 9.26. The molecule has 1 unspecified atom stereocenters. The highest BCUT2D eigenvalue weighted by Crippen LogP contribution is 2.25. The van der Waals surface area contributed by atoms with Crippen molar-refractivity contribution in [2.45, 2.75) is 25.8 Å². The van der Waals surface area contributed by atoms with E-state index < -0.39 is 0 Å². The van der Waals surface area contributed by atoms with E-state index in [1.54, 1.807) is 27.5 Å². The number of hydrogen-bond donors (Lipinski definition) is 1. The molecule has 0 aliphatic rings. The molecule has 1 N–H and O–H groups in total. The molecule has 1 heterocycles. The highest BCUT2D eigenvalue weighted by atomic mass is 16.5. The van der Waals surface area contributed by atoms with Crippen LogP contribution in [0, 0.1) is 0 Å². The van der Waals surface area contributed by atoms with Crippen LogP contribution in [-0.4, -0.2) is 44.4 Å². The average molecular weight is 269 g/mol. The van der Waals surface area contributed by atoms with E-state index in [2.05, 4.69) is 22.2 Å². The summed E-state index contributed by atoms with van der Waals surface area (Å²) < 4.78 is 15.5. The molecule has 0 spiro atoms. The number of methoxy groups -OCH3 is 3. The minimum atomic E-state index is 0.0632. The zero-order valence-electron chi connectivity index (χ0n) is 12.1. The van der Waals surface area contributed by atoms with Crippen molar-refractivity contribution in [2.24, 2.45) is 0 Å². The van der Waals surface area contributed by atoms with Gasteiger partial charge >= 0.3 is 0 Å². The fourth-order valence-electron chi connectivity index (χ4n) is 1.74. The van der Waals surface area contributed by atoms with Gasteiger partial charge in [-0.1, -0.05) is 6.92 Å². The van der Waals surface area contributed by atoms with Gasteiger partial charge in [-0.15, -0.1) is 0 Å². The quantitative estimate of drug-likeness (QED) is 0.734. The van der Waals surface area contributed by atoms with Crippen LogP contribution in [0.25, 0.3) is 0 Å². The maximum atomic E-state index is 5.29. The summed E-state index contributed by atoms with van der Waals surface area (Å²) >= 11 is 0. The van der Waals surface area contributed by atoms with E-state index in [1.165, 1.54) is 0 Å². The van der Waals surface area contributed by atoms with Crippen molar-refractivity contribution >= 4 is 0 Å². The molecule has 0 amide bonds. The number of nitrogens with one attached hydrogen (secondary N) is 1. The third-order valence-electron chi connectivity index (χ3n) is 2.73. The Balaban J connectivity index is 2.91. The van der Waals surface area contributed by atoms with Crippen molar-refractivity contribution < 1.29 is 14.2 Å². The van der Waals surface area contributed by atoms with Gasteiger partial charge in [-0.2, -0.15) is 4.98 Å². The maximum absolute atomic E-state index is 5.29. The topological polar surface area (TPSA) is 65.5 Å². The maximum Gasteiger partial charge on any atom is 0.240 e. The van der Waals surface area contributed by atoms with Gasteiger partial charge in [0.05, 0.1) is 26.5 Å². The van der Waals surface area contributed by atoms with Crippen LogP contribution in [0.1, 0.15) is 31.5 Å². The van der Waals surface area contributed by atoms with Crippen LogP contribution in [-0.2, 0) is 4.74 Å². The van der Waals surface area contributed by atoms with E-state index >= 15 is 0 Å². The Morgan fingerprint density at radius 3 is 2.63 bits per heavy atom. The minimum Gasteiger partial charge on any atom is -0.480 e. The molecule has 6 heteroatoms. The number of hydrogen-bond acceptors (Lipinski definition) is 6. The Morgan fingerprint density at radius 1 is 1.26 bits per heavy atom. The SMILES string of the molecule is CCCNC(CCOC)c1ncc(OC)nc1OC. The van der Waals surface area contributed by atoms with Crippen LogP contribution in [0.4, 0.5) is 0 Å². The fourth-order valence-corrected chi connectivity index (χ4v) is 1.74. The normalized spacial score (nSPS) is 12.2. The van der Waals surface area contributed by atoms with Gasteiger partial charge < -0.3 is 19.5 Å². The van der Waals surface area contributed by atoms with Crippen LogP contribution < -0.4 is 14.8 Å². The molecule has 0 saturated heterocycles. The second-order valence-electron chi connectivity index (χ2n) is 4.10. The molecule has 0 fully saturated rings. The summed E-state index contributed by atoms with van der Waals surface area (Å²) in [6.45, 7) is 3.68. The second kappa shape index (κ2) is 8.66. The Morgan fingerprint density at radius 2 is 2.05 bits per heavy atom. The van der Waals surface area contributed by atoms with Gasteiger partial charge in [0, 0.05) is 13.7 Å². The van der Waals surface area contributed by atoms with Gasteiger partial charge in [0.15, 0.2) is 0 Å². The fraction of sp³-hybridized carbons (Fsp3) is 0.692. The van der Waals surface area contributed by atoms with E-state index in [1.807, 2.05) is 0 Å². The van der Waals surface area contributed by atoms with E-state index in [4.69, 9.17) is 14.2 Å². The summed E-state index contributed by atoms with van der Waals surface area (Å²) in [5.41, 5.74) is 0.786. The molecule has 0 aromatic carbocycles. The highest BCUT2D eigenvalue weighted by Gasteiger charge is 2.19. The predicted octanol–water partition coefficient (Wildman–Crippen LogP) is 1.57. The van der Waals surface area contributed by atoms with Crippen molar-refractivity contribution in [3.8, 4) is 11.8 Å². The van der Waals surface area contributed by atoms with E-state index in [-0.39, 0.29) is 6.04 Å². The molecular weight excluding hydrogens is 246 g/mol. The molecule has 108 valence electrons. The van der Waals surface area contributed by atoms with Gasteiger partial charge in [-0.3, -0.25) is 0 Å². The van der Waals surface area contributed by atoms with Crippen LogP contribution in [0.5, 0.6) is 11.8 Å². The van der Waals surface area contributed by atoms with Crippen molar-refractivity contribution in [3.63, 3.8) is 0 Å². The second-order valence-corrected chi connectivity index (χ2v) is 4.10. The molecule has 6 nitrogen and oxygen atoms in total. The molecule has 1 aromatic heterocycles. The Bertz CT molecular complexity index is 366. The van der Waals surface area contributed by atoms with Crippen LogP contribution in [0.15, 0.2) is 6.20 Å². The summed E-state index contributed by atoms with van der Waals surface area (Å²) in [5.74, 6) is 0.936. The van der Waals surface area contributed by atoms with E-state index in [0.29, 0.717) is 18.4 Å². The average Bonchev–Trinajstić information content (AvgIpc) is 2.47. The lowest BCUT2D eigenvalue weighted by atomic mass is 10.1. The van der Waals surface area contributed by atoms with Crippen LogP contribution >= 0.6 is 0 Å². The third-order valence-corrected chi connectivity index (χ3v) is 2.73. The molecule has 1 atom stereocenters. The van der Waals surface area contributed by atoms with Crippen molar-refractivity contribution in [3.05, 3.63) is 11.9 Å². The van der Waals surface area contributed by atoms with E-state index in [0.717, 1.165) is 25.1 Å². The predicted molar refractivity (Wildman–Crippen MR) is 72.7 cm³/mol. The standard InChI is InChI=1S/C13H23N3O3/c1-5-7-14-10(6-8-17-2)12-13(19-4)16-11(18-3)9-15-12/h9-10,14H,5-8H2,1-4H3. The number of ether oxygens (including phenoxy) is 3. The van der Waals surface area contributed by atoms with Gasteiger partial charge in [0.2, 0.25) is 11.8 Å². The first-order valence-corrected chi connectivity index (χ1v) is 6.44. The van der Waals surface area contributed by atoms with Crippen molar-refractivity contribution in [1.82, 2.24) is 15.3 Å². The Kier molecular flexibility index (Phi) is 7.14. The van der Waals surface area contributed by atoms with Gasteiger partial charge in [0.25, 0.3) is 0 Å². The molecule has 0 radical (unpaired) electrons. The number of aromatic nitrogens is 2. The number of nitrogens with zero attached hydrogens (tertiary/aromatic N) is 2. The van der Waals surface area contributed by atoms with Crippen LogP contribution in [0.3, 0.4) is 0 Å². The molecule has 0 bridgehead atoms. The molecule has 0 aliphatic heterocycles. The van der Waals surface area contributed by atoms with Gasteiger partial charge in [-0.25, -0.2) is 4.98 Å². The monoisotopic (exact) mass is 269 g/mol. The molecule has 1 aromatic rings. The summed E-state index contributed by atoms with van der Waals surface area (Å²) in [6, 6.07) is 0.0632. The minimum absolute atomic E-state index is 0.0632. The molecular formula is C13H23N3O3. The van der Waals surface area contributed by atoms with Gasteiger partial charge in [-0.05, 0) is 19.4 Å². The summed E-state index contributed by atoms with van der Waals surface area (Å²) in [7, 11) is 4.83. The van der Waals surface area contributed by atoms with Crippen molar-refractivity contribution in [2.75, 3.05) is 34.5 Å². The molecule has 1 rings (SSSR count). The Hall–Kier alpha value is -1.40. The van der Waals surface area contributed by atoms with E-state index in [9.17, 15) is 0 Å². The highest BCUT2D eigenvalue weighted by molar-refractivity contribution is 5.25. The summed E-state index contributed by atoms with van der Waals surface area (Å²) in [4.78, 5) is 8.65. The molecule has 0 saturated carbocycles. The molecule has 19 heavy (non-hydrogen) atoms. The largest absolute Gasteiger partial charge is 0.480 e. The zero-order valence-corrected chi connectivity index (χ0v) is 12.1. The first kappa shape index (κ1) is 15.7. The lowest BCUT2D eigenvalue weighted by molar-refractivity contribution is 0.181. The zero-order chi connectivity index (χ0) is 14.1. The Labute approximate surface area is 114 Å². The number of rotatable bonds is 9. The lowest BCUT2D eigenvalue weighted by Crippen LogP contribution is -2.25. The van der Waals surface area contributed by atoms with Gasteiger partial charge in [0.1, 0.15) is 5.69 Å². The molecule has 0 aliphatic carbocycles. The summed E-state index contributed by atoms with van der Waals surface area (Å²) in [6.07, 6.45) is 3.47. The lowest BCUT2D eigenvalue weighted by Gasteiger charge is -2.19. The summed E-state index contributed by atoms with van der Waals surface area (Å²) in [5, 5.41) is 3.43. The van der Waals surface area contributed by atoms with Crippen LogP contribution in [0.2, 0.25) is 0 Å². The third kappa shape index (κ3) is 4.65. The van der Waals surface area contributed by atoms with Crippen molar-refractivity contribution in [1.29, 1.82) is 0 Å². The first-order valence-electron chi connectivity index (χ1n) is 6.44. The smallest absolute Gasteiger partial charge is 0.240 e.